The largest absolute Gasteiger partial charge is 0.399 e. The van der Waals surface area contributed by atoms with Crippen LogP contribution >= 0.6 is 36.2 Å². The summed E-state index contributed by atoms with van der Waals surface area (Å²) >= 11 is 1.66. The van der Waals surface area contributed by atoms with Crippen LogP contribution in [-0.4, -0.2) is 17.8 Å². The number of thiophene rings is 1. The fraction of sp³-hybridized carbons (Fsp3) is 0.375. The first-order valence-electron chi connectivity index (χ1n) is 7.20. The number of benzene rings is 1. The summed E-state index contributed by atoms with van der Waals surface area (Å²) < 4.78 is 0. The molecule has 1 atom stereocenters. The molecule has 0 spiro atoms. The highest BCUT2D eigenvalue weighted by molar-refractivity contribution is 7.08. The van der Waals surface area contributed by atoms with E-state index in [1.165, 1.54) is 5.56 Å². The van der Waals surface area contributed by atoms with Gasteiger partial charge in [0.05, 0.1) is 0 Å². The van der Waals surface area contributed by atoms with Gasteiger partial charge < -0.3 is 21.9 Å². The number of aliphatic hydroxyl groups excluding tert-OH is 1. The Labute approximate surface area is 154 Å². The molecule has 4 nitrogen and oxygen atoms in total. The molecule has 0 aliphatic rings. The highest BCUT2D eigenvalue weighted by Gasteiger charge is 2.12. The van der Waals surface area contributed by atoms with Crippen molar-refractivity contribution in [1.82, 2.24) is 5.32 Å². The van der Waals surface area contributed by atoms with Gasteiger partial charge in [-0.15, -0.1) is 24.8 Å². The first-order valence-corrected chi connectivity index (χ1v) is 8.14. The molecule has 0 fully saturated rings. The van der Waals surface area contributed by atoms with Crippen LogP contribution in [0.15, 0.2) is 29.0 Å². The normalized spacial score (nSPS) is 11.4. The highest BCUT2D eigenvalue weighted by atomic mass is 35.5. The molecule has 0 radical (unpaired) electrons. The van der Waals surface area contributed by atoms with Crippen molar-refractivity contribution in [2.24, 2.45) is 0 Å². The summed E-state index contributed by atoms with van der Waals surface area (Å²) in [4.78, 5) is 0. The van der Waals surface area contributed by atoms with Gasteiger partial charge in [-0.1, -0.05) is 6.92 Å². The molecule has 0 amide bonds. The molecular weight excluding hydrogens is 353 g/mol. The van der Waals surface area contributed by atoms with Gasteiger partial charge in [-0.2, -0.15) is 11.3 Å². The molecule has 0 bridgehead atoms. The lowest BCUT2D eigenvalue weighted by atomic mass is 10.0. The maximum Gasteiger partial charge on any atom is 0.0445 e. The standard InChI is InChI=1S/C16H23N3OS.2ClH/c1-2-13(5-6-20)19-8-11-9-21-10-15(11)14-7-12(17)3-4-16(14)18;;/h3-4,7,9-10,13,19-20H,2,5-6,8,17-18H2,1H3;2*1H. The lowest BCUT2D eigenvalue weighted by Crippen LogP contribution is -2.28. The van der Waals surface area contributed by atoms with Crippen LogP contribution in [0, 0.1) is 0 Å². The average Bonchev–Trinajstić information content (AvgIpc) is 2.94. The van der Waals surface area contributed by atoms with Crippen LogP contribution in [0.3, 0.4) is 0 Å². The van der Waals surface area contributed by atoms with Gasteiger partial charge in [0.25, 0.3) is 0 Å². The maximum absolute atomic E-state index is 9.06. The summed E-state index contributed by atoms with van der Waals surface area (Å²) in [6, 6.07) is 5.92. The van der Waals surface area contributed by atoms with Crippen molar-refractivity contribution in [3.8, 4) is 11.1 Å². The summed E-state index contributed by atoms with van der Waals surface area (Å²) in [6.07, 6.45) is 1.77. The lowest BCUT2D eigenvalue weighted by Gasteiger charge is -2.16. The summed E-state index contributed by atoms with van der Waals surface area (Å²) in [5.74, 6) is 0. The molecule has 1 aromatic carbocycles. The minimum atomic E-state index is 0. The SMILES string of the molecule is CCC(CCO)NCc1cscc1-c1cc(N)ccc1N.Cl.Cl. The molecule has 130 valence electrons. The summed E-state index contributed by atoms with van der Waals surface area (Å²) in [7, 11) is 0. The molecule has 2 aromatic rings. The molecule has 0 saturated heterocycles. The van der Waals surface area contributed by atoms with Crippen molar-refractivity contribution in [3.05, 3.63) is 34.5 Å². The van der Waals surface area contributed by atoms with Crippen LogP contribution in [0.1, 0.15) is 25.3 Å². The van der Waals surface area contributed by atoms with E-state index in [2.05, 4.69) is 23.0 Å². The van der Waals surface area contributed by atoms with Crippen LogP contribution in [0.25, 0.3) is 11.1 Å². The second-order valence-electron chi connectivity index (χ2n) is 5.16. The Morgan fingerprint density at radius 2 is 1.91 bits per heavy atom. The van der Waals surface area contributed by atoms with Crippen molar-refractivity contribution in [2.45, 2.75) is 32.4 Å². The Bertz CT molecular complexity index is 592. The zero-order valence-corrected chi connectivity index (χ0v) is 15.6. The van der Waals surface area contributed by atoms with Crippen molar-refractivity contribution in [2.75, 3.05) is 18.1 Å². The Balaban J connectivity index is 0.00000242. The van der Waals surface area contributed by atoms with Gasteiger partial charge in [-0.25, -0.2) is 0 Å². The number of aliphatic hydroxyl groups is 1. The molecule has 1 unspecified atom stereocenters. The van der Waals surface area contributed by atoms with Crippen molar-refractivity contribution in [1.29, 1.82) is 0 Å². The van der Waals surface area contributed by atoms with E-state index in [9.17, 15) is 0 Å². The molecule has 0 saturated carbocycles. The minimum absolute atomic E-state index is 0. The molecule has 1 aromatic heterocycles. The third kappa shape index (κ3) is 5.86. The number of hydrogen-bond acceptors (Lipinski definition) is 5. The van der Waals surface area contributed by atoms with E-state index in [0.29, 0.717) is 6.04 Å². The molecule has 0 aliphatic carbocycles. The zero-order valence-electron chi connectivity index (χ0n) is 13.1. The summed E-state index contributed by atoms with van der Waals surface area (Å²) in [5.41, 5.74) is 16.7. The quantitative estimate of drug-likeness (QED) is 0.554. The van der Waals surface area contributed by atoms with Gasteiger partial charge >= 0.3 is 0 Å². The third-order valence-electron chi connectivity index (χ3n) is 3.66. The van der Waals surface area contributed by atoms with Crippen LogP contribution < -0.4 is 16.8 Å². The Morgan fingerprint density at radius 3 is 2.57 bits per heavy atom. The van der Waals surface area contributed by atoms with Gasteiger partial charge in [-0.05, 0) is 52.9 Å². The molecule has 7 heteroatoms. The van der Waals surface area contributed by atoms with Gasteiger partial charge in [-0.3, -0.25) is 0 Å². The monoisotopic (exact) mass is 377 g/mol. The van der Waals surface area contributed by atoms with Crippen LogP contribution in [0.5, 0.6) is 0 Å². The first-order chi connectivity index (χ1) is 10.2. The van der Waals surface area contributed by atoms with Crippen molar-refractivity contribution >= 4 is 47.5 Å². The molecule has 1 heterocycles. The zero-order chi connectivity index (χ0) is 15.2. The second kappa shape index (κ2) is 10.7. The van der Waals surface area contributed by atoms with Gasteiger partial charge in [0.15, 0.2) is 0 Å². The highest BCUT2D eigenvalue weighted by Crippen LogP contribution is 2.33. The lowest BCUT2D eigenvalue weighted by molar-refractivity contribution is 0.262. The van der Waals surface area contributed by atoms with Gasteiger partial charge in [0.2, 0.25) is 0 Å². The Kier molecular flexibility index (Phi) is 10.3. The van der Waals surface area contributed by atoms with Gasteiger partial charge in [0, 0.05) is 36.1 Å². The van der Waals surface area contributed by atoms with E-state index in [0.717, 1.165) is 41.9 Å². The Hall–Kier alpha value is -0.980. The Morgan fingerprint density at radius 1 is 1.17 bits per heavy atom. The number of halogens is 2. The molecule has 23 heavy (non-hydrogen) atoms. The third-order valence-corrected chi connectivity index (χ3v) is 4.45. The summed E-state index contributed by atoms with van der Waals surface area (Å²) in [5, 5.41) is 16.8. The van der Waals surface area contributed by atoms with E-state index in [1.54, 1.807) is 11.3 Å². The van der Waals surface area contributed by atoms with E-state index in [1.807, 2.05) is 18.2 Å². The average molecular weight is 378 g/mol. The molecular formula is C16H25Cl2N3OS. The van der Waals surface area contributed by atoms with Crippen molar-refractivity contribution in [3.63, 3.8) is 0 Å². The van der Waals surface area contributed by atoms with Gasteiger partial charge in [0.1, 0.15) is 0 Å². The van der Waals surface area contributed by atoms with E-state index >= 15 is 0 Å². The molecule has 0 aliphatic heterocycles. The van der Waals surface area contributed by atoms with E-state index < -0.39 is 0 Å². The number of rotatable bonds is 7. The predicted octanol–water partition coefficient (Wildman–Crippen LogP) is 3.67. The van der Waals surface area contributed by atoms with E-state index in [-0.39, 0.29) is 31.4 Å². The molecule has 6 N–H and O–H groups in total. The smallest absolute Gasteiger partial charge is 0.0445 e. The molecule has 2 rings (SSSR count). The number of anilines is 2. The first kappa shape index (κ1) is 22.0. The number of nitrogen functional groups attached to an aromatic ring is 2. The van der Waals surface area contributed by atoms with Crippen molar-refractivity contribution < 1.29 is 5.11 Å². The number of hydrogen-bond donors (Lipinski definition) is 4. The summed E-state index contributed by atoms with van der Waals surface area (Å²) in [6.45, 7) is 3.10. The number of nitrogens with one attached hydrogen (secondary N) is 1. The van der Waals surface area contributed by atoms with Crippen LogP contribution in [-0.2, 0) is 6.54 Å². The predicted molar refractivity (Wildman–Crippen MR) is 106 cm³/mol. The van der Waals surface area contributed by atoms with E-state index in [4.69, 9.17) is 16.6 Å². The van der Waals surface area contributed by atoms with Crippen LogP contribution in [0.4, 0.5) is 11.4 Å². The second-order valence-corrected chi connectivity index (χ2v) is 5.90. The topological polar surface area (TPSA) is 84.3 Å². The fourth-order valence-electron chi connectivity index (χ4n) is 2.36. The minimum Gasteiger partial charge on any atom is -0.399 e. The number of nitrogens with two attached hydrogens (primary N) is 2. The maximum atomic E-state index is 9.06. The van der Waals surface area contributed by atoms with Crippen LogP contribution in [0.2, 0.25) is 0 Å². The fourth-order valence-corrected chi connectivity index (χ4v) is 3.22.